The Morgan fingerprint density at radius 3 is 2.86 bits per heavy atom. The number of nitrogen functional groups attached to an aromatic ring is 1. The number of anilines is 2. The first-order chi connectivity index (χ1) is 10.7. The molecule has 1 aromatic carbocycles. The van der Waals surface area contributed by atoms with Crippen molar-refractivity contribution in [3.8, 4) is 0 Å². The van der Waals surface area contributed by atoms with Crippen LogP contribution in [0.25, 0.3) is 0 Å². The van der Waals surface area contributed by atoms with Crippen LogP contribution in [0.4, 0.5) is 11.6 Å². The minimum Gasteiger partial charge on any atom is -0.399 e. The van der Waals surface area contributed by atoms with Gasteiger partial charge in [-0.3, -0.25) is 4.79 Å². The minimum atomic E-state index is -0.0897. The Hall–Kier alpha value is -2.63. The van der Waals surface area contributed by atoms with Gasteiger partial charge in [0.05, 0.1) is 0 Å². The van der Waals surface area contributed by atoms with Crippen LogP contribution in [-0.2, 0) is 0 Å². The highest BCUT2D eigenvalue weighted by molar-refractivity contribution is 5.95. The Morgan fingerprint density at radius 2 is 2.09 bits per heavy atom. The normalized spacial score (nSPS) is 18.0. The van der Waals surface area contributed by atoms with Gasteiger partial charge in [-0.1, -0.05) is 6.07 Å². The van der Waals surface area contributed by atoms with Crippen molar-refractivity contribution in [2.45, 2.75) is 18.9 Å². The second-order valence-corrected chi connectivity index (χ2v) is 5.43. The summed E-state index contributed by atoms with van der Waals surface area (Å²) < 4.78 is 0. The molecule has 2 heterocycles. The van der Waals surface area contributed by atoms with Gasteiger partial charge < -0.3 is 16.0 Å². The summed E-state index contributed by atoms with van der Waals surface area (Å²) in [5.41, 5.74) is 6.91. The molecule has 0 bridgehead atoms. The van der Waals surface area contributed by atoms with E-state index in [1.807, 2.05) is 0 Å². The standard InChI is InChI=1S/C16H19N5O/c17-13-5-1-4-12(10-13)15(22)20-14-6-2-9-21(11-14)16-18-7-3-8-19-16/h1,3-5,7-8,10,14H,2,6,9,11,17H2,(H,20,22). The highest BCUT2D eigenvalue weighted by Crippen LogP contribution is 2.16. The maximum atomic E-state index is 12.3. The van der Waals surface area contributed by atoms with E-state index in [0.29, 0.717) is 17.2 Å². The third-order valence-electron chi connectivity index (χ3n) is 3.74. The van der Waals surface area contributed by atoms with Crippen LogP contribution >= 0.6 is 0 Å². The molecular formula is C16H19N5O. The van der Waals surface area contributed by atoms with Gasteiger partial charge in [0.1, 0.15) is 0 Å². The van der Waals surface area contributed by atoms with E-state index in [1.54, 1.807) is 42.7 Å². The highest BCUT2D eigenvalue weighted by atomic mass is 16.1. The van der Waals surface area contributed by atoms with E-state index in [1.165, 1.54) is 0 Å². The molecule has 22 heavy (non-hydrogen) atoms. The van der Waals surface area contributed by atoms with E-state index in [4.69, 9.17) is 5.73 Å². The number of carbonyl (C=O) groups is 1. The van der Waals surface area contributed by atoms with Crippen LogP contribution in [0.5, 0.6) is 0 Å². The van der Waals surface area contributed by atoms with Gasteiger partial charge in [-0.15, -0.1) is 0 Å². The number of amides is 1. The first-order valence-corrected chi connectivity index (χ1v) is 7.41. The predicted octanol–water partition coefficient (Wildman–Crippen LogP) is 1.46. The van der Waals surface area contributed by atoms with Crippen LogP contribution < -0.4 is 16.0 Å². The van der Waals surface area contributed by atoms with Crippen LogP contribution in [-0.4, -0.2) is 35.0 Å². The fourth-order valence-corrected chi connectivity index (χ4v) is 2.68. The highest BCUT2D eigenvalue weighted by Gasteiger charge is 2.23. The Balaban J connectivity index is 1.64. The Morgan fingerprint density at radius 1 is 1.27 bits per heavy atom. The molecule has 6 heteroatoms. The van der Waals surface area contributed by atoms with Crippen molar-refractivity contribution in [2.75, 3.05) is 23.7 Å². The predicted molar refractivity (Wildman–Crippen MR) is 85.6 cm³/mol. The monoisotopic (exact) mass is 297 g/mol. The van der Waals surface area contributed by atoms with Crippen molar-refractivity contribution >= 4 is 17.5 Å². The topological polar surface area (TPSA) is 84.1 Å². The number of piperidine rings is 1. The van der Waals surface area contributed by atoms with Gasteiger partial charge in [0, 0.05) is 42.8 Å². The third kappa shape index (κ3) is 3.33. The van der Waals surface area contributed by atoms with Crippen molar-refractivity contribution in [3.05, 3.63) is 48.3 Å². The number of hydrogen-bond acceptors (Lipinski definition) is 5. The molecular weight excluding hydrogens is 278 g/mol. The molecule has 1 fully saturated rings. The lowest BCUT2D eigenvalue weighted by molar-refractivity contribution is 0.0933. The molecule has 1 unspecified atom stereocenters. The number of nitrogens with two attached hydrogens (primary N) is 1. The van der Waals surface area contributed by atoms with Crippen LogP contribution in [0.2, 0.25) is 0 Å². The van der Waals surface area contributed by atoms with Gasteiger partial charge >= 0.3 is 0 Å². The molecule has 0 radical (unpaired) electrons. The largest absolute Gasteiger partial charge is 0.399 e. The molecule has 1 atom stereocenters. The van der Waals surface area contributed by atoms with Crippen LogP contribution in [0.15, 0.2) is 42.7 Å². The molecule has 1 aromatic heterocycles. The van der Waals surface area contributed by atoms with Gasteiger partial charge in [-0.05, 0) is 37.1 Å². The van der Waals surface area contributed by atoms with Gasteiger partial charge in [0.15, 0.2) is 0 Å². The summed E-state index contributed by atoms with van der Waals surface area (Å²) in [5.74, 6) is 0.624. The molecule has 1 aliphatic heterocycles. The van der Waals surface area contributed by atoms with Crippen LogP contribution in [0, 0.1) is 0 Å². The SMILES string of the molecule is Nc1cccc(C(=O)NC2CCCN(c3ncccn3)C2)c1. The summed E-state index contributed by atoms with van der Waals surface area (Å²) >= 11 is 0. The number of hydrogen-bond donors (Lipinski definition) is 2. The third-order valence-corrected chi connectivity index (χ3v) is 3.74. The summed E-state index contributed by atoms with van der Waals surface area (Å²) in [4.78, 5) is 22.9. The second-order valence-electron chi connectivity index (χ2n) is 5.43. The molecule has 6 nitrogen and oxygen atoms in total. The van der Waals surface area contributed by atoms with Crippen LogP contribution in [0.1, 0.15) is 23.2 Å². The Labute approximate surface area is 129 Å². The van der Waals surface area contributed by atoms with E-state index >= 15 is 0 Å². The summed E-state index contributed by atoms with van der Waals surface area (Å²) in [6.45, 7) is 1.63. The van der Waals surface area contributed by atoms with Gasteiger partial charge in [0.25, 0.3) is 5.91 Å². The van der Waals surface area contributed by atoms with Gasteiger partial charge in [0.2, 0.25) is 5.95 Å². The molecule has 1 saturated heterocycles. The summed E-state index contributed by atoms with van der Waals surface area (Å²) in [6, 6.07) is 8.91. The lowest BCUT2D eigenvalue weighted by Gasteiger charge is -2.33. The van der Waals surface area contributed by atoms with Crippen molar-refractivity contribution in [1.29, 1.82) is 0 Å². The molecule has 114 valence electrons. The molecule has 1 aliphatic rings. The molecule has 2 aromatic rings. The fraction of sp³-hybridized carbons (Fsp3) is 0.312. The lowest BCUT2D eigenvalue weighted by Crippen LogP contribution is -2.48. The number of nitrogens with zero attached hydrogens (tertiary/aromatic N) is 3. The maximum absolute atomic E-state index is 12.3. The summed E-state index contributed by atoms with van der Waals surface area (Å²) in [7, 11) is 0. The van der Waals surface area contributed by atoms with Crippen molar-refractivity contribution in [2.24, 2.45) is 0 Å². The van der Waals surface area contributed by atoms with Gasteiger partial charge in [-0.2, -0.15) is 0 Å². The average Bonchev–Trinajstić information content (AvgIpc) is 2.56. The smallest absolute Gasteiger partial charge is 0.251 e. The number of rotatable bonds is 3. The van der Waals surface area contributed by atoms with Crippen molar-refractivity contribution in [1.82, 2.24) is 15.3 Å². The first-order valence-electron chi connectivity index (χ1n) is 7.41. The van der Waals surface area contributed by atoms with E-state index in [2.05, 4.69) is 20.2 Å². The zero-order valence-corrected chi connectivity index (χ0v) is 12.3. The summed E-state index contributed by atoms with van der Waals surface area (Å²) in [5, 5.41) is 3.07. The molecule has 3 N–H and O–H groups in total. The van der Waals surface area contributed by atoms with E-state index in [0.717, 1.165) is 25.9 Å². The van der Waals surface area contributed by atoms with Crippen molar-refractivity contribution in [3.63, 3.8) is 0 Å². The van der Waals surface area contributed by atoms with Crippen molar-refractivity contribution < 1.29 is 4.79 Å². The Bertz CT molecular complexity index is 646. The first kappa shape index (κ1) is 14.3. The summed E-state index contributed by atoms with van der Waals surface area (Å²) in [6.07, 6.45) is 5.42. The van der Waals surface area contributed by atoms with Gasteiger partial charge in [-0.25, -0.2) is 9.97 Å². The number of carbonyl (C=O) groups excluding carboxylic acids is 1. The van der Waals surface area contributed by atoms with Crippen LogP contribution in [0.3, 0.4) is 0 Å². The van der Waals surface area contributed by atoms with E-state index in [9.17, 15) is 4.79 Å². The molecule has 0 aliphatic carbocycles. The molecule has 0 saturated carbocycles. The minimum absolute atomic E-state index is 0.0893. The van der Waals surface area contributed by atoms with E-state index in [-0.39, 0.29) is 11.9 Å². The zero-order chi connectivity index (χ0) is 15.4. The molecule has 1 amide bonds. The van der Waals surface area contributed by atoms with E-state index < -0.39 is 0 Å². The lowest BCUT2D eigenvalue weighted by atomic mass is 10.1. The number of benzene rings is 1. The Kier molecular flexibility index (Phi) is 4.18. The second kappa shape index (κ2) is 6.43. The maximum Gasteiger partial charge on any atom is 0.251 e. The average molecular weight is 297 g/mol. The molecule has 3 rings (SSSR count). The fourth-order valence-electron chi connectivity index (χ4n) is 2.68. The number of aromatic nitrogens is 2. The zero-order valence-electron chi connectivity index (χ0n) is 12.3. The quantitative estimate of drug-likeness (QED) is 0.838. The number of nitrogens with one attached hydrogen (secondary N) is 1. The molecule has 0 spiro atoms.